The zero-order valence-electron chi connectivity index (χ0n) is 21.5. The van der Waals surface area contributed by atoms with E-state index >= 15 is 0 Å². The summed E-state index contributed by atoms with van der Waals surface area (Å²) in [5.74, 6) is -1.00. The third-order valence-corrected chi connectivity index (χ3v) is 9.68. The molecule has 0 fully saturated rings. The third kappa shape index (κ3) is 3.89. The molecule has 0 N–H and O–H groups in total. The lowest BCUT2D eigenvalue weighted by molar-refractivity contribution is -0.274. The number of halogens is 4. The Morgan fingerprint density at radius 1 is 0.705 bits per heavy atom. The van der Waals surface area contributed by atoms with Gasteiger partial charge in [0.1, 0.15) is 47.0 Å². The van der Waals surface area contributed by atoms with Gasteiger partial charge in [0.15, 0.2) is 0 Å². The topological polar surface area (TPSA) is 130 Å². The van der Waals surface area contributed by atoms with Crippen LogP contribution in [0.15, 0.2) is 59.9 Å². The van der Waals surface area contributed by atoms with Gasteiger partial charge in [-0.05, 0) is 29.8 Å². The summed E-state index contributed by atoms with van der Waals surface area (Å²) in [6, 6.07) is 15.9. The van der Waals surface area contributed by atoms with Crippen LogP contribution in [0.1, 0.15) is 20.9 Å². The highest BCUT2D eigenvalue weighted by Crippen LogP contribution is 2.61. The standard InChI is InChI=1S/C31H8F4N6OS2/c32-17-6-20-22(16(9-38)10-39)28-24(26(20)41-12-17)30-29(44-28)23-25-19(21(27(23)43-30)15(7-36)8-37)5-14(11-40-25)13-1-3-18(4-2-13)42-31(33,34)35/h1-6,11-12H. The van der Waals surface area contributed by atoms with Crippen molar-refractivity contribution in [2.75, 3.05) is 0 Å². The number of hydrogen-bond acceptors (Lipinski definition) is 9. The molecule has 2 aliphatic carbocycles. The fraction of sp³-hybridized carbons (Fsp3) is 0.0323. The number of aromatic nitrogens is 2. The van der Waals surface area contributed by atoms with Crippen molar-refractivity contribution >= 4 is 43.2 Å². The van der Waals surface area contributed by atoms with Gasteiger partial charge in [0.2, 0.25) is 0 Å². The molecule has 208 valence electrons. The van der Waals surface area contributed by atoms with E-state index in [0.717, 1.165) is 15.6 Å². The normalized spacial score (nSPS) is 12.4. The zero-order valence-corrected chi connectivity index (χ0v) is 23.2. The van der Waals surface area contributed by atoms with E-state index < -0.39 is 12.2 Å². The molecule has 44 heavy (non-hydrogen) atoms. The van der Waals surface area contributed by atoms with Crippen LogP contribution >= 0.6 is 22.7 Å². The van der Waals surface area contributed by atoms with Crippen LogP contribution in [0.4, 0.5) is 17.6 Å². The van der Waals surface area contributed by atoms with Gasteiger partial charge in [0.05, 0.1) is 27.0 Å². The summed E-state index contributed by atoms with van der Waals surface area (Å²) < 4.78 is 57.5. The molecule has 0 saturated heterocycles. The van der Waals surface area contributed by atoms with Gasteiger partial charge in [-0.3, -0.25) is 9.97 Å². The summed E-state index contributed by atoms with van der Waals surface area (Å²) in [5.41, 5.74) is 4.42. The molecule has 7 nitrogen and oxygen atoms in total. The first-order valence-corrected chi connectivity index (χ1v) is 14.0. The van der Waals surface area contributed by atoms with Crippen LogP contribution in [-0.4, -0.2) is 16.3 Å². The number of nitrogens with zero attached hydrogens (tertiary/aromatic N) is 6. The summed E-state index contributed by atoms with van der Waals surface area (Å²) in [6.45, 7) is 0. The molecule has 7 rings (SSSR count). The summed E-state index contributed by atoms with van der Waals surface area (Å²) in [6.07, 6.45) is -2.23. The maximum Gasteiger partial charge on any atom is 0.573 e. The van der Waals surface area contributed by atoms with Crippen molar-refractivity contribution in [3.63, 3.8) is 0 Å². The SMILES string of the molecule is N#CC(C#N)=C1c2cc(F)cnc2-c2c1sc1c3c(sc21)C(=C(C#N)C#N)c1cc(-c2ccc(OC(F)(F)F)cc2)cnc1-3. The average molecular weight is 621 g/mol. The maximum atomic E-state index is 14.2. The van der Waals surface area contributed by atoms with Crippen LogP contribution in [0.3, 0.4) is 0 Å². The number of alkyl halides is 3. The van der Waals surface area contributed by atoms with Crippen molar-refractivity contribution in [1.29, 1.82) is 21.0 Å². The van der Waals surface area contributed by atoms with Crippen molar-refractivity contribution in [2.45, 2.75) is 6.36 Å². The van der Waals surface area contributed by atoms with Crippen LogP contribution in [0.2, 0.25) is 0 Å². The van der Waals surface area contributed by atoms with Gasteiger partial charge in [-0.2, -0.15) is 21.0 Å². The molecular weight excluding hydrogens is 613 g/mol. The van der Waals surface area contributed by atoms with E-state index in [-0.39, 0.29) is 16.9 Å². The van der Waals surface area contributed by atoms with Crippen LogP contribution < -0.4 is 4.74 Å². The molecule has 0 radical (unpaired) electrons. The second kappa shape index (κ2) is 9.58. The molecule has 0 spiro atoms. The fourth-order valence-electron chi connectivity index (χ4n) is 5.42. The number of ether oxygens (including phenoxy) is 1. The lowest BCUT2D eigenvalue weighted by Crippen LogP contribution is -2.16. The monoisotopic (exact) mass is 620 g/mol. The van der Waals surface area contributed by atoms with Crippen LogP contribution in [0.25, 0.3) is 54.2 Å². The van der Waals surface area contributed by atoms with Gasteiger partial charge in [-0.15, -0.1) is 35.8 Å². The van der Waals surface area contributed by atoms with E-state index in [1.807, 2.05) is 24.3 Å². The lowest BCUT2D eigenvalue weighted by atomic mass is 10.00. The zero-order chi connectivity index (χ0) is 30.9. The molecule has 4 aromatic heterocycles. The molecule has 0 atom stereocenters. The number of nitriles is 4. The Bertz CT molecular complexity index is 2320. The van der Waals surface area contributed by atoms with Gasteiger partial charge < -0.3 is 4.74 Å². The number of benzene rings is 1. The Kier molecular flexibility index (Phi) is 5.88. The second-order valence-corrected chi connectivity index (χ2v) is 11.5. The highest BCUT2D eigenvalue weighted by Gasteiger charge is 2.39. The quantitative estimate of drug-likeness (QED) is 0.141. The average Bonchev–Trinajstić information content (AvgIpc) is 3.70. The number of hydrogen-bond donors (Lipinski definition) is 0. The van der Waals surface area contributed by atoms with Crippen LogP contribution in [0.5, 0.6) is 5.75 Å². The molecule has 13 heteroatoms. The molecule has 5 aromatic rings. The fourth-order valence-corrected chi connectivity index (χ4v) is 8.43. The Morgan fingerprint density at radius 3 is 1.70 bits per heavy atom. The molecule has 0 bridgehead atoms. The van der Waals surface area contributed by atoms with Crippen molar-refractivity contribution in [3.05, 3.63) is 86.6 Å². The summed E-state index contributed by atoms with van der Waals surface area (Å²) in [4.78, 5) is 10.2. The molecule has 0 aliphatic heterocycles. The number of thiophene rings is 2. The van der Waals surface area contributed by atoms with Crippen LogP contribution in [0, 0.1) is 51.1 Å². The highest BCUT2D eigenvalue weighted by atomic mass is 32.1. The van der Waals surface area contributed by atoms with E-state index in [4.69, 9.17) is 0 Å². The minimum Gasteiger partial charge on any atom is -0.406 e. The van der Waals surface area contributed by atoms with E-state index in [2.05, 4.69) is 14.7 Å². The minimum absolute atomic E-state index is 0.152. The molecule has 0 unspecified atom stereocenters. The van der Waals surface area contributed by atoms with E-state index in [0.29, 0.717) is 65.7 Å². The number of pyridine rings is 2. The first-order chi connectivity index (χ1) is 21.2. The summed E-state index contributed by atoms with van der Waals surface area (Å²) >= 11 is 2.57. The van der Waals surface area contributed by atoms with Gasteiger partial charge in [-0.1, -0.05) is 12.1 Å². The first-order valence-electron chi connectivity index (χ1n) is 12.4. The Morgan fingerprint density at radius 2 is 1.20 bits per heavy atom. The molecule has 4 heterocycles. The number of allylic oxidation sites excluding steroid dienone is 2. The Balaban J connectivity index is 1.45. The molecule has 0 saturated carbocycles. The molecule has 2 aliphatic rings. The van der Waals surface area contributed by atoms with Crippen molar-refractivity contribution < 1.29 is 22.3 Å². The predicted molar refractivity (Wildman–Crippen MR) is 153 cm³/mol. The van der Waals surface area contributed by atoms with Gasteiger partial charge >= 0.3 is 6.36 Å². The number of rotatable bonds is 2. The van der Waals surface area contributed by atoms with Gasteiger partial charge in [0.25, 0.3) is 0 Å². The largest absolute Gasteiger partial charge is 0.573 e. The summed E-state index contributed by atoms with van der Waals surface area (Å²) in [5, 5.41) is 39.1. The molecule has 0 amide bonds. The molecule has 1 aromatic carbocycles. The second-order valence-electron chi connectivity index (χ2n) is 9.46. The molecular formula is C31H8F4N6OS2. The van der Waals surface area contributed by atoms with E-state index in [1.54, 1.807) is 12.3 Å². The number of fused-ring (bicyclic) bond motifs is 9. The van der Waals surface area contributed by atoms with E-state index in [1.165, 1.54) is 53.0 Å². The van der Waals surface area contributed by atoms with Crippen molar-refractivity contribution in [2.24, 2.45) is 0 Å². The maximum absolute atomic E-state index is 14.2. The summed E-state index contributed by atoms with van der Waals surface area (Å²) in [7, 11) is 0. The Labute approximate surface area is 252 Å². The van der Waals surface area contributed by atoms with Gasteiger partial charge in [-0.25, -0.2) is 4.39 Å². The van der Waals surface area contributed by atoms with Crippen LogP contribution in [-0.2, 0) is 0 Å². The third-order valence-electron chi connectivity index (χ3n) is 7.10. The lowest BCUT2D eigenvalue weighted by Gasteiger charge is -2.10. The van der Waals surface area contributed by atoms with E-state index in [9.17, 15) is 38.6 Å². The predicted octanol–water partition coefficient (Wildman–Crippen LogP) is 8.12. The van der Waals surface area contributed by atoms with Crippen molar-refractivity contribution in [1.82, 2.24) is 9.97 Å². The highest BCUT2D eigenvalue weighted by molar-refractivity contribution is 7.31. The Hall–Kier alpha value is -5.86. The smallest absolute Gasteiger partial charge is 0.406 e. The first kappa shape index (κ1) is 27.0. The minimum atomic E-state index is -4.83. The van der Waals surface area contributed by atoms with Crippen molar-refractivity contribution in [3.8, 4) is 63.7 Å². The van der Waals surface area contributed by atoms with Gasteiger partial charge in [0, 0.05) is 54.9 Å².